The van der Waals surface area contributed by atoms with Crippen molar-refractivity contribution in [2.24, 2.45) is 0 Å². The number of anilines is 1. The minimum Gasteiger partial charge on any atom is -0.452 e. The van der Waals surface area contributed by atoms with Gasteiger partial charge in [0.2, 0.25) is 5.78 Å². The first-order chi connectivity index (χ1) is 14.0. The fraction of sp³-hybridized carbons (Fsp3) is 0.400. The van der Waals surface area contributed by atoms with Crippen LogP contribution in [-0.2, 0) is 5.60 Å². The van der Waals surface area contributed by atoms with Gasteiger partial charge in [0.15, 0.2) is 5.76 Å². The molecule has 0 bridgehead atoms. The van der Waals surface area contributed by atoms with Crippen LogP contribution in [0.2, 0.25) is 0 Å². The van der Waals surface area contributed by atoms with Crippen molar-refractivity contribution >= 4 is 22.4 Å². The summed E-state index contributed by atoms with van der Waals surface area (Å²) < 4.78 is 6.06. The number of furan rings is 1. The summed E-state index contributed by atoms with van der Waals surface area (Å²) in [5.41, 5.74) is 2.23. The molecule has 1 heterocycles. The first-order valence-electron chi connectivity index (χ1n) is 10.7. The highest BCUT2D eigenvalue weighted by molar-refractivity contribution is 6.14. The van der Waals surface area contributed by atoms with Gasteiger partial charge in [-0.1, -0.05) is 51.0 Å². The number of aliphatic hydroxyl groups is 1. The van der Waals surface area contributed by atoms with E-state index in [9.17, 15) is 9.90 Å². The molecule has 0 amide bonds. The number of fused-ring (bicyclic) bond motifs is 4. The quantitative estimate of drug-likeness (QED) is 0.566. The molecule has 0 radical (unpaired) electrons. The molecule has 29 heavy (non-hydrogen) atoms. The summed E-state index contributed by atoms with van der Waals surface area (Å²) in [4.78, 5) is 15.4. The number of carbonyl (C=O) groups is 1. The molecule has 1 unspecified atom stereocenters. The third kappa shape index (κ3) is 3.25. The Balaban J connectivity index is 1.81. The van der Waals surface area contributed by atoms with Crippen molar-refractivity contribution in [3.8, 4) is 0 Å². The van der Waals surface area contributed by atoms with Gasteiger partial charge in [0.1, 0.15) is 11.2 Å². The predicted molar refractivity (Wildman–Crippen MR) is 117 cm³/mol. The van der Waals surface area contributed by atoms with E-state index in [1.807, 2.05) is 30.3 Å². The summed E-state index contributed by atoms with van der Waals surface area (Å²) >= 11 is 0. The van der Waals surface area contributed by atoms with Crippen molar-refractivity contribution in [1.29, 1.82) is 0 Å². The van der Waals surface area contributed by atoms with Crippen LogP contribution in [0.4, 0.5) is 5.69 Å². The average Bonchev–Trinajstić information content (AvgIpc) is 3.12. The van der Waals surface area contributed by atoms with E-state index in [0.717, 1.165) is 49.8 Å². The second kappa shape index (κ2) is 7.68. The van der Waals surface area contributed by atoms with Crippen molar-refractivity contribution in [1.82, 2.24) is 0 Å². The van der Waals surface area contributed by atoms with Gasteiger partial charge in [-0.2, -0.15) is 0 Å². The van der Waals surface area contributed by atoms with E-state index < -0.39 is 5.60 Å². The molecule has 0 spiro atoms. The molecule has 0 saturated heterocycles. The number of ketones is 1. The fourth-order valence-corrected chi connectivity index (χ4v) is 4.36. The van der Waals surface area contributed by atoms with Gasteiger partial charge in [0, 0.05) is 41.4 Å². The van der Waals surface area contributed by atoms with E-state index in [2.05, 4.69) is 24.8 Å². The Labute approximate surface area is 172 Å². The van der Waals surface area contributed by atoms with E-state index in [4.69, 9.17) is 4.42 Å². The van der Waals surface area contributed by atoms with Crippen molar-refractivity contribution in [2.75, 3.05) is 18.0 Å². The summed E-state index contributed by atoms with van der Waals surface area (Å²) in [5.74, 6) is 0.100. The van der Waals surface area contributed by atoms with Crippen molar-refractivity contribution in [2.45, 2.75) is 52.1 Å². The Bertz CT molecular complexity index is 1040. The average molecular weight is 392 g/mol. The summed E-state index contributed by atoms with van der Waals surface area (Å²) in [5, 5.41) is 12.2. The molecule has 1 aliphatic rings. The van der Waals surface area contributed by atoms with Crippen molar-refractivity contribution in [3.63, 3.8) is 0 Å². The van der Waals surface area contributed by atoms with E-state index in [1.54, 1.807) is 13.0 Å². The molecule has 2 aromatic carbocycles. The highest BCUT2D eigenvalue weighted by atomic mass is 16.3. The van der Waals surface area contributed by atoms with Crippen LogP contribution in [0, 0.1) is 0 Å². The summed E-state index contributed by atoms with van der Waals surface area (Å²) in [6, 6.07) is 13.3. The monoisotopic (exact) mass is 391 g/mol. The van der Waals surface area contributed by atoms with E-state index >= 15 is 0 Å². The molecule has 1 N–H and O–H groups in total. The maximum Gasteiger partial charge on any atom is 0.229 e. The lowest BCUT2D eigenvalue weighted by atomic mass is 9.77. The second-order valence-corrected chi connectivity index (χ2v) is 8.13. The zero-order valence-electron chi connectivity index (χ0n) is 17.5. The minimum atomic E-state index is -1.27. The minimum absolute atomic E-state index is 0.159. The summed E-state index contributed by atoms with van der Waals surface area (Å²) in [7, 11) is 0. The molecular formula is C25H29NO3. The normalized spacial score (nSPS) is 18.0. The highest BCUT2D eigenvalue weighted by Gasteiger charge is 2.42. The molecule has 0 saturated carbocycles. The Kier molecular flexibility index (Phi) is 5.22. The molecule has 152 valence electrons. The first-order valence-corrected chi connectivity index (χ1v) is 10.7. The van der Waals surface area contributed by atoms with Crippen LogP contribution in [0.25, 0.3) is 11.0 Å². The molecule has 0 aliphatic heterocycles. The van der Waals surface area contributed by atoms with Crippen LogP contribution in [0.1, 0.15) is 73.7 Å². The maximum atomic E-state index is 13.1. The second-order valence-electron chi connectivity index (χ2n) is 8.13. The Morgan fingerprint density at radius 3 is 2.41 bits per heavy atom. The summed E-state index contributed by atoms with van der Waals surface area (Å²) in [6.07, 6.45) is 4.57. The molecular weight excluding hydrogens is 362 g/mol. The van der Waals surface area contributed by atoms with Gasteiger partial charge >= 0.3 is 0 Å². The molecule has 3 aromatic rings. The lowest BCUT2D eigenvalue weighted by molar-refractivity contribution is 0.0839. The molecule has 1 aliphatic carbocycles. The lowest BCUT2D eigenvalue weighted by Crippen LogP contribution is -2.31. The van der Waals surface area contributed by atoms with Crippen LogP contribution >= 0.6 is 0 Å². The number of nitrogens with zero attached hydrogens (tertiary/aromatic N) is 1. The van der Waals surface area contributed by atoms with E-state index in [-0.39, 0.29) is 11.5 Å². The van der Waals surface area contributed by atoms with Crippen LogP contribution in [0.15, 0.2) is 46.9 Å². The van der Waals surface area contributed by atoms with Gasteiger partial charge in [-0.3, -0.25) is 4.79 Å². The third-order valence-corrected chi connectivity index (χ3v) is 5.99. The number of unbranched alkanes of at least 4 members (excludes halogenated alkanes) is 2. The van der Waals surface area contributed by atoms with Gasteiger partial charge in [-0.15, -0.1) is 0 Å². The molecule has 4 heteroatoms. The topological polar surface area (TPSA) is 53.7 Å². The molecule has 0 fully saturated rings. The maximum absolute atomic E-state index is 13.1. The zero-order valence-corrected chi connectivity index (χ0v) is 17.5. The fourth-order valence-electron chi connectivity index (χ4n) is 4.36. The highest BCUT2D eigenvalue weighted by Crippen LogP contribution is 2.45. The predicted octanol–water partition coefficient (Wildman–Crippen LogP) is 5.64. The van der Waals surface area contributed by atoms with Crippen molar-refractivity contribution in [3.05, 3.63) is 64.9 Å². The zero-order chi connectivity index (χ0) is 20.6. The van der Waals surface area contributed by atoms with Gasteiger partial charge in [-0.25, -0.2) is 0 Å². The SMILES string of the molecule is CCCCN(CCCC)c1ccc2c3c(oc2c1)C(=O)c1ccccc1C3(C)O. The standard InChI is InChI=1S/C25H29NO3/c1-4-6-14-26(15-7-5-2)17-12-13-19-21(16-17)29-24-22(19)25(3,28)20-11-9-8-10-18(20)23(24)27/h8-13,16,28H,4-7,14-15H2,1-3H3. The largest absolute Gasteiger partial charge is 0.452 e. The molecule has 4 rings (SSSR count). The van der Waals surface area contributed by atoms with E-state index in [1.165, 1.54) is 0 Å². The van der Waals surface area contributed by atoms with Crippen LogP contribution in [-0.4, -0.2) is 24.0 Å². The summed E-state index contributed by atoms with van der Waals surface area (Å²) in [6.45, 7) is 8.16. The Hall–Kier alpha value is -2.59. The number of carbonyl (C=O) groups excluding carboxylic acids is 1. The molecule has 1 aromatic heterocycles. The van der Waals surface area contributed by atoms with Crippen molar-refractivity contribution < 1.29 is 14.3 Å². The smallest absolute Gasteiger partial charge is 0.229 e. The number of benzene rings is 2. The number of hydrogen-bond acceptors (Lipinski definition) is 4. The van der Waals surface area contributed by atoms with Gasteiger partial charge < -0.3 is 14.4 Å². The number of rotatable bonds is 7. The molecule has 1 atom stereocenters. The van der Waals surface area contributed by atoms with Crippen LogP contribution in [0.5, 0.6) is 0 Å². The van der Waals surface area contributed by atoms with Gasteiger partial charge in [0.05, 0.1) is 0 Å². The third-order valence-electron chi connectivity index (χ3n) is 5.99. The lowest BCUT2D eigenvalue weighted by Gasteiger charge is -2.30. The number of hydrogen-bond donors (Lipinski definition) is 1. The Morgan fingerprint density at radius 1 is 1.03 bits per heavy atom. The molecule has 4 nitrogen and oxygen atoms in total. The first kappa shape index (κ1) is 19.7. The van der Waals surface area contributed by atoms with Gasteiger partial charge in [0.25, 0.3) is 0 Å². The van der Waals surface area contributed by atoms with Crippen LogP contribution in [0.3, 0.4) is 0 Å². The van der Waals surface area contributed by atoms with Gasteiger partial charge in [-0.05, 0) is 37.5 Å². The van der Waals surface area contributed by atoms with E-state index in [0.29, 0.717) is 22.3 Å². The van der Waals surface area contributed by atoms with Crippen LogP contribution < -0.4 is 4.90 Å². The Morgan fingerprint density at radius 2 is 1.72 bits per heavy atom.